The van der Waals surface area contributed by atoms with Crippen molar-refractivity contribution in [3.8, 4) is 0 Å². The zero-order chi connectivity index (χ0) is 15.7. The molecule has 3 rings (SSSR count). The van der Waals surface area contributed by atoms with Crippen LogP contribution in [0.5, 0.6) is 0 Å². The number of benzene rings is 1. The maximum Gasteiger partial charge on any atom is 0.241 e. The third-order valence-electron chi connectivity index (χ3n) is 3.86. The smallest absolute Gasteiger partial charge is 0.241 e. The van der Waals surface area contributed by atoms with E-state index in [2.05, 4.69) is 25.7 Å². The van der Waals surface area contributed by atoms with E-state index in [4.69, 9.17) is 9.16 Å². The van der Waals surface area contributed by atoms with Crippen molar-refractivity contribution in [3.05, 3.63) is 53.8 Å². The summed E-state index contributed by atoms with van der Waals surface area (Å²) in [5, 5.41) is 0. The highest BCUT2D eigenvalue weighted by molar-refractivity contribution is 6.70. The molecule has 0 N–H and O–H groups in total. The average molecular weight is 314 g/mol. The minimum Gasteiger partial charge on any atom is -0.547 e. The van der Waals surface area contributed by atoms with E-state index in [9.17, 15) is 4.79 Å². The molecule has 0 radical (unpaired) electrons. The highest BCUT2D eigenvalue weighted by Gasteiger charge is 2.37. The summed E-state index contributed by atoms with van der Waals surface area (Å²) in [4.78, 5) is 12.4. The first-order chi connectivity index (χ1) is 10.4. The molecule has 1 aliphatic carbocycles. The lowest BCUT2D eigenvalue weighted by molar-refractivity contribution is -0.123. The van der Waals surface area contributed by atoms with Crippen LogP contribution in [0.15, 0.2) is 48.2 Å². The monoisotopic (exact) mass is 314 g/mol. The van der Waals surface area contributed by atoms with Crippen LogP contribution in [0.4, 0.5) is 0 Å². The van der Waals surface area contributed by atoms with Crippen LogP contribution >= 0.6 is 0 Å². The average Bonchev–Trinajstić information content (AvgIpc) is 2.46. The third-order valence-corrected chi connectivity index (χ3v) is 4.74. The molecule has 2 aliphatic rings. The molecule has 0 fully saturated rings. The Labute approximate surface area is 132 Å². The van der Waals surface area contributed by atoms with E-state index in [1.54, 1.807) is 6.08 Å². The zero-order valence-corrected chi connectivity index (χ0v) is 14.3. The summed E-state index contributed by atoms with van der Waals surface area (Å²) in [6.07, 6.45) is 5.01. The highest BCUT2D eigenvalue weighted by Crippen LogP contribution is 2.36. The third kappa shape index (κ3) is 3.33. The number of carbonyl (C=O) groups excluding carboxylic acids is 1. The van der Waals surface area contributed by atoms with Crippen molar-refractivity contribution in [1.82, 2.24) is 0 Å². The number of ether oxygens (including phenoxy) is 1. The van der Waals surface area contributed by atoms with Gasteiger partial charge in [-0.1, -0.05) is 30.3 Å². The van der Waals surface area contributed by atoms with Crippen LogP contribution in [0.3, 0.4) is 0 Å². The number of hydrogen-bond acceptors (Lipinski definition) is 3. The van der Waals surface area contributed by atoms with Gasteiger partial charge in [0.25, 0.3) is 0 Å². The molecule has 116 valence electrons. The quantitative estimate of drug-likeness (QED) is 0.787. The van der Waals surface area contributed by atoms with E-state index >= 15 is 0 Å². The Balaban J connectivity index is 1.78. The van der Waals surface area contributed by atoms with Crippen LogP contribution in [0.1, 0.15) is 18.4 Å². The summed E-state index contributed by atoms with van der Waals surface area (Å²) in [6, 6.07) is 9.81. The molecule has 1 aliphatic heterocycles. The molecule has 22 heavy (non-hydrogen) atoms. The van der Waals surface area contributed by atoms with E-state index in [-0.39, 0.29) is 17.8 Å². The Hall–Kier alpha value is -1.81. The van der Waals surface area contributed by atoms with Gasteiger partial charge in [0.2, 0.25) is 8.32 Å². The van der Waals surface area contributed by atoms with Gasteiger partial charge in [0.05, 0.1) is 11.7 Å². The predicted molar refractivity (Wildman–Crippen MR) is 89.5 cm³/mol. The molecule has 0 saturated carbocycles. The van der Waals surface area contributed by atoms with Gasteiger partial charge in [0.1, 0.15) is 11.9 Å². The first-order valence-electron chi connectivity index (χ1n) is 7.78. The second kappa shape index (κ2) is 5.76. The lowest BCUT2D eigenvalue weighted by atomic mass is 9.84. The SMILES string of the molecule is C[Si](C)(C)OC1=CC[C@H]2C(=O)C=C(c3ccccc3)O[C@H]2C1. The number of rotatable bonds is 3. The fourth-order valence-electron chi connectivity index (χ4n) is 2.92. The van der Waals surface area contributed by atoms with Gasteiger partial charge in [0, 0.05) is 18.1 Å². The van der Waals surface area contributed by atoms with E-state index in [1.165, 1.54) is 0 Å². The second-order valence-corrected chi connectivity index (χ2v) is 11.3. The second-order valence-electron chi connectivity index (χ2n) is 6.86. The molecule has 3 nitrogen and oxygen atoms in total. The van der Waals surface area contributed by atoms with Crippen LogP contribution in [0.25, 0.3) is 5.76 Å². The van der Waals surface area contributed by atoms with Gasteiger partial charge in [-0.2, -0.15) is 0 Å². The first-order valence-corrected chi connectivity index (χ1v) is 11.2. The van der Waals surface area contributed by atoms with Crippen molar-refractivity contribution in [1.29, 1.82) is 0 Å². The van der Waals surface area contributed by atoms with Crippen molar-refractivity contribution in [2.75, 3.05) is 0 Å². The molecule has 0 saturated heterocycles. The molecular formula is C18H22O3Si. The molecular weight excluding hydrogens is 292 g/mol. The molecule has 1 aromatic carbocycles. The maximum atomic E-state index is 12.4. The molecule has 1 aromatic rings. The number of hydrogen-bond donors (Lipinski definition) is 0. The summed E-state index contributed by atoms with van der Waals surface area (Å²) < 4.78 is 12.2. The number of allylic oxidation sites excluding steroid dienone is 2. The number of ketones is 1. The molecule has 2 atom stereocenters. The number of carbonyl (C=O) groups is 1. The Morgan fingerprint density at radius 1 is 1.18 bits per heavy atom. The minimum absolute atomic E-state index is 0.0681. The Morgan fingerprint density at radius 3 is 2.59 bits per heavy atom. The van der Waals surface area contributed by atoms with Crippen LogP contribution in [0, 0.1) is 5.92 Å². The molecule has 0 spiro atoms. The van der Waals surface area contributed by atoms with Crippen LogP contribution in [0.2, 0.25) is 19.6 Å². The number of fused-ring (bicyclic) bond motifs is 1. The predicted octanol–water partition coefficient (Wildman–Crippen LogP) is 4.14. The topological polar surface area (TPSA) is 35.5 Å². The van der Waals surface area contributed by atoms with Crippen molar-refractivity contribution >= 4 is 19.9 Å². The van der Waals surface area contributed by atoms with Gasteiger partial charge in [-0.05, 0) is 32.1 Å². The van der Waals surface area contributed by atoms with Gasteiger partial charge in [-0.15, -0.1) is 0 Å². The van der Waals surface area contributed by atoms with Gasteiger partial charge < -0.3 is 9.16 Å². The highest BCUT2D eigenvalue weighted by atomic mass is 28.4. The van der Waals surface area contributed by atoms with Crippen molar-refractivity contribution in [2.45, 2.75) is 38.6 Å². The Kier molecular flexibility index (Phi) is 3.95. The van der Waals surface area contributed by atoms with E-state index in [0.29, 0.717) is 18.6 Å². The van der Waals surface area contributed by atoms with Crippen molar-refractivity contribution in [2.24, 2.45) is 5.92 Å². The summed E-state index contributed by atoms with van der Waals surface area (Å²) in [7, 11) is -1.62. The molecule has 0 aromatic heterocycles. The standard InChI is InChI=1S/C18H22O3Si/c1-22(2,3)21-14-9-10-15-16(19)12-17(20-18(15)11-14)13-7-5-4-6-8-13/h4-9,12,15,18H,10-11H2,1-3H3/t15-,18-/m0/s1. The Bertz CT molecular complexity index is 625. The summed E-state index contributed by atoms with van der Waals surface area (Å²) >= 11 is 0. The molecule has 4 heteroatoms. The van der Waals surface area contributed by atoms with Crippen LogP contribution in [-0.2, 0) is 14.0 Å². The van der Waals surface area contributed by atoms with E-state index < -0.39 is 8.32 Å². The maximum absolute atomic E-state index is 12.4. The zero-order valence-electron chi connectivity index (χ0n) is 13.3. The van der Waals surface area contributed by atoms with E-state index in [0.717, 1.165) is 11.3 Å². The summed E-state index contributed by atoms with van der Waals surface area (Å²) in [6.45, 7) is 6.51. The lowest BCUT2D eigenvalue weighted by Gasteiger charge is -2.35. The largest absolute Gasteiger partial charge is 0.547 e. The van der Waals surface area contributed by atoms with Gasteiger partial charge in [0.15, 0.2) is 5.78 Å². The van der Waals surface area contributed by atoms with Crippen molar-refractivity contribution in [3.63, 3.8) is 0 Å². The van der Waals surface area contributed by atoms with Crippen LogP contribution < -0.4 is 0 Å². The van der Waals surface area contributed by atoms with E-state index in [1.807, 2.05) is 30.3 Å². The minimum atomic E-state index is -1.62. The first kappa shape index (κ1) is 15.1. The normalized spacial score (nSPS) is 24.8. The lowest BCUT2D eigenvalue weighted by Crippen LogP contribution is -2.37. The fourth-order valence-corrected chi connectivity index (χ4v) is 3.87. The Morgan fingerprint density at radius 2 is 1.91 bits per heavy atom. The van der Waals surface area contributed by atoms with Gasteiger partial charge in [-0.3, -0.25) is 4.79 Å². The summed E-state index contributed by atoms with van der Waals surface area (Å²) in [5.74, 6) is 1.77. The summed E-state index contributed by atoms with van der Waals surface area (Å²) in [5.41, 5.74) is 0.955. The van der Waals surface area contributed by atoms with Gasteiger partial charge in [-0.25, -0.2) is 0 Å². The molecule has 0 unspecified atom stereocenters. The van der Waals surface area contributed by atoms with Crippen molar-refractivity contribution < 1.29 is 14.0 Å². The van der Waals surface area contributed by atoms with Crippen LogP contribution in [-0.4, -0.2) is 20.2 Å². The fraction of sp³-hybridized carbons (Fsp3) is 0.389. The van der Waals surface area contributed by atoms with Gasteiger partial charge >= 0.3 is 0 Å². The molecule has 0 bridgehead atoms. The molecule has 0 amide bonds. The molecule has 1 heterocycles.